The number of nitrogens with zero attached hydrogens (tertiary/aromatic N) is 3. The first-order valence-corrected chi connectivity index (χ1v) is 14.6. The van der Waals surface area contributed by atoms with Gasteiger partial charge in [-0.3, -0.25) is 14.7 Å². The second-order valence-corrected chi connectivity index (χ2v) is 10.6. The molecule has 4 aromatic rings. The third-order valence-corrected chi connectivity index (χ3v) is 8.12. The lowest BCUT2D eigenvalue weighted by Crippen LogP contribution is -2.42. The molecule has 7 heteroatoms. The molecule has 1 fully saturated rings. The number of fused-ring (bicyclic) bond motifs is 1. The minimum absolute atomic E-state index is 0.0628. The molecule has 1 amide bonds. The van der Waals surface area contributed by atoms with Crippen LogP contribution in [-0.4, -0.2) is 54.6 Å². The fourth-order valence-corrected chi connectivity index (χ4v) is 5.86. The second kappa shape index (κ2) is 13.6. The molecular formula is C34H41N5O2. The van der Waals surface area contributed by atoms with Gasteiger partial charge >= 0.3 is 0 Å². The smallest absolute Gasteiger partial charge is 0.237 e. The van der Waals surface area contributed by atoms with Crippen LogP contribution in [0.5, 0.6) is 5.75 Å². The Morgan fingerprint density at radius 3 is 2.44 bits per heavy atom. The minimum atomic E-state index is -0.209. The van der Waals surface area contributed by atoms with Crippen LogP contribution < -0.4 is 20.3 Å². The number of ether oxygens (including phenoxy) is 1. The Balaban J connectivity index is 1.29. The number of methoxy groups -OCH3 is 1. The highest BCUT2D eigenvalue weighted by molar-refractivity contribution is 5.91. The van der Waals surface area contributed by atoms with E-state index in [1.54, 1.807) is 19.5 Å². The van der Waals surface area contributed by atoms with Gasteiger partial charge in [0.1, 0.15) is 5.75 Å². The van der Waals surface area contributed by atoms with Gasteiger partial charge in [-0.25, -0.2) is 0 Å². The summed E-state index contributed by atoms with van der Waals surface area (Å²) in [6, 6.07) is 25.2. The zero-order valence-corrected chi connectivity index (χ0v) is 24.3. The third-order valence-electron chi connectivity index (χ3n) is 8.12. The number of rotatable bonds is 12. The summed E-state index contributed by atoms with van der Waals surface area (Å²) in [6.07, 6.45) is 4.30. The monoisotopic (exact) mass is 551 g/mol. The van der Waals surface area contributed by atoms with Crippen molar-refractivity contribution < 1.29 is 9.53 Å². The van der Waals surface area contributed by atoms with E-state index in [2.05, 4.69) is 87.8 Å². The van der Waals surface area contributed by atoms with Crippen molar-refractivity contribution in [2.45, 2.75) is 52.0 Å². The zero-order valence-electron chi connectivity index (χ0n) is 24.3. The summed E-state index contributed by atoms with van der Waals surface area (Å²) in [5.41, 5.74) is 4.67. The normalized spacial score (nSPS) is 17.0. The Bertz CT molecular complexity index is 1420. The maximum atomic E-state index is 13.5. The Hall–Kier alpha value is -3.94. The molecule has 2 atom stereocenters. The molecule has 1 saturated heterocycles. The van der Waals surface area contributed by atoms with Crippen LogP contribution in [-0.2, 0) is 24.4 Å². The van der Waals surface area contributed by atoms with E-state index in [1.807, 2.05) is 24.3 Å². The van der Waals surface area contributed by atoms with E-state index in [9.17, 15) is 4.79 Å². The highest BCUT2D eigenvalue weighted by Gasteiger charge is 2.36. The van der Waals surface area contributed by atoms with E-state index in [4.69, 9.17) is 4.74 Å². The first kappa shape index (κ1) is 28.6. The Kier molecular flexibility index (Phi) is 9.49. The molecule has 1 aromatic heterocycles. The van der Waals surface area contributed by atoms with Crippen LogP contribution in [0.4, 0.5) is 5.69 Å². The third kappa shape index (κ3) is 6.87. The van der Waals surface area contributed by atoms with E-state index in [0.29, 0.717) is 6.54 Å². The van der Waals surface area contributed by atoms with Crippen LogP contribution in [0.3, 0.4) is 0 Å². The Morgan fingerprint density at radius 2 is 1.73 bits per heavy atom. The largest absolute Gasteiger partial charge is 0.496 e. The minimum Gasteiger partial charge on any atom is -0.496 e. The van der Waals surface area contributed by atoms with Crippen LogP contribution in [0.15, 0.2) is 85.2 Å². The topological polar surface area (TPSA) is 69.7 Å². The molecule has 0 unspecified atom stereocenters. The molecule has 0 saturated carbocycles. The number of amides is 1. The van der Waals surface area contributed by atoms with Gasteiger partial charge in [0.05, 0.1) is 13.2 Å². The van der Waals surface area contributed by atoms with Crippen LogP contribution in [0.25, 0.3) is 10.8 Å². The molecule has 1 aliphatic heterocycles. The van der Waals surface area contributed by atoms with Crippen molar-refractivity contribution in [2.24, 2.45) is 0 Å². The molecule has 1 aliphatic rings. The van der Waals surface area contributed by atoms with Gasteiger partial charge in [0.25, 0.3) is 0 Å². The molecule has 5 rings (SSSR count). The van der Waals surface area contributed by atoms with E-state index in [-0.39, 0.29) is 18.0 Å². The Labute approximate surface area is 243 Å². The summed E-state index contributed by atoms with van der Waals surface area (Å²) in [7, 11) is 1.71. The van der Waals surface area contributed by atoms with Crippen LogP contribution in [0.1, 0.15) is 37.0 Å². The maximum Gasteiger partial charge on any atom is 0.237 e. The van der Waals surface area contributed by atoms with Crippen molar-refractivity contribution >= 4 is 22.4 Å². The van der Waals surface area contributed by atoms with Crippen molar-refractivity contribution in [2.75, 3.05) is 31.6 Å². The predicted octanol–water partition coefficient (Wildman–Crippen LogP) is 5.14. The highest BCUT2D eigenvalue weighted by Crippen LogP contribution is 2.29. The van der Waals surface area contributed by atoms with Crippen LogP contribution >= 0.6 is 0 Å². The van der Waals surface area contributed by atoms with Crippen LogP contribution in [0.2, 0.25) is 0 Å². The lowest BCUT2D eigenvalue weighted by atomic mass is 10.0. The molecule has 0 spiro atoms. The molecule has 0 aliphatic carbocycles. The molecule has 2 N–H and O–H groups in total. The first-order chi connectivity index (χ1) is 20.1. The maximum absolute atomic E-state index is 13.5. The van der Waals surface area contributed by atoms with E-state index >= 15 is 0 Å². The van der Waals surface area contributed by atoms with Crippen molar-refractivity contribution in [1.29, 1.82) is 0 Å². The van der Waals surface area contributed by atoms with Crippen molar-refractivity contribution in [1.82, 2.24) is 20.5 Å². The highest BCUT2D eigenvalue weighted by atomic mass is 16.5. The van der Waals surface area contributed by atoms with Crippen molar-refractivity contribution in [3.05, 3.63) is 102 Å². The van der Waals surface area contributed by atoms with Gasteiger partial charge in [0, 0.05) is 68.8 Å². The number of carbonyl (C=O) groups excluding carboxylic acids is 1. The fourth-order valence-electron chi connectivity index (χ4n) is 5.86. The van der Waals surface area contributed by atoms with E-state index < -0.39 is 0 Å². The summed E-state index contributed by atoms with van der Waals surface area (Å²) >= 11 is 0. The molecule has 0 bridgehead atoms. The van der Waals surface area contributed by atoms with Gasteiger partial charge < -0.3 is 20.3 Å². The molecule has 7 nitrogen and oxygen atoms in total. The number of nitrogens with one attached hydrogen (secondary N) is 2. The first-order valence-electron chi connectivity index (χ1n) is 14.6. The predicted molar refractivity (Wildman–Crippen MR) is 166 cm³/mol. The SMILES string of the molecule is CCN(CC)c1ccc(CN2C[C@@H](NCc3ccc(OC)c4ccccc34)C[C@H]2C(=O)NCc2cccnc2)cc1. The summed E-state index contributed by atoms with van der Waals surface area (Å²) in [6.45, 7) is 9.06. The number of hydrogen-bond donors (Lipinski definition) is 2. The quantitative estimate of drug-likeness (QED) is 0.254. The average Bonchev–Trinajstić information content (AvgIpc) is 3.43. The molecule has 2 heterocycles. The summed E-state index contributed by atoms with van der Waals surface area (Å²) < 4.78 is 5.58. The van der Waals surface area contributed by atoms with Gasteiger partial charge in [0.2, 0.25) is 5.91 Å². The summed E-state index contributed by atoms with van der Waals surface area (Å²) in [4.78, 5) is 22.3. The number of aromatic nitrogens is 1. The lowest BCUT2D eigenvalue weighted by Gasteiger charge is -2.25. The second-order valence-electron chi connectivity index (χ2n) is 10.6. The molecule has 0 radical (unpaired) electrons. The number of hydrogen-bond acceptors (Lipinski definition) is 6. The molecule has 41 heavy (non-hydrogen) atoms. The number of pyridine rings is 1. The fraction of sp³-hybridized carbons (Fsp3) is 0.353. The Morgan fingerprint density at radius 1 is 0.951 bits per heavy atom. The molecule has 3 aromatic carbocycles. The number of anilines is 1. The standard InChI is InChI=1S/C34H41N5O2/c1-4-38(5-2)29-15-12-25(13-16-29)23-39-24-28(19-32(39)34(40)37-21-26-9-8-18-35-20-26)36-22-27-14-17-33(41-3)31-11-7-6-10-30(27)31/h6-18,20,28,32,36H,4-5,19,21-24H2,1-3H3,(H,37,40)/t28-,32-/m0/s1. The molecular weight excluding hydrogens is 510 g/mol. The van der Waals surface area contributed by atoms with E-state index in [1.165, 1.54) is 22.2 Å². The average molecular weight is 552 g/mol. The number of likely N-dealkylation sites (tertiary alicyclic amines) is 1. The molecule has 214 valence electrons. The van der Waals surface area contributed by atoms with Gasteiger partial charge in [-0.2, -0.15) is 0 Å². The van der Waals surface area contributed by atoms with Gasteiger partial charge in [-0.1, -0.05) is 48.5 Å². The van der Waals surface area contributed by atoms with Crippen molar-refractivity contribution in [3.63, 3.8) is 0 Å². The number of benzene rings is 3. The lowest BCUT2D eigenvalue weighted by molar-refractivity contribution is -0.125. The summed E-state index contributed by atoms with van der Waals surface area (Å²) in [5, 5.41) is 9.22. The van der Waals surface area contributed by atoms with Crippen LogP contribution in [0, 0.1) is 0 Å². The van der Waals surface area contributed by atoms with Crippen molar-refractivity contribution in [3.8, 4) is 5.75 Å². The zero-order chi connectivity index (χ0) is 28.6. The van der Waals surface area contributed by atoms with Gasteiger partial charge in [-0.05, 0) is 66.6 Å². The van der Waals surface area contributed by atoms with Gasteiger partial charge in [-0.15, -0.1) is 0 Å². The number of carbonyl (C=O) groups is 1. The summed E-state index contributed by atoms with van der Waals surface area (Å²) in [5.74, 6) is 0.946. The van der Waals surface area contributed by atoms with E-state index in [0.717, 1.165) is 55.8 Å². The van der Waals surface area contributed by atoms with Gasteiger partial charge in [0.15, 0.2) is 0 Å².